The van der Waals surface area contributed by atoms with Gasteiger partial charge in [0, 0.05) is 77.9 Å². The molecule has 6 N–H and O–H groups in total. The number of carbonyl (C=O) groups is 4. The normalized spacial score (nSPS) is 13.0. The van der Waals surface area contributed by atoms with Crippen LogP contribution in [0, 0.1) is 11.8 Å². The van der Waals surface area contributed by atoms with Crippen molar-refractivity contribution >= 4 is 41.5 Å². The summed E-state index contributed by atoms with van der Waals surface area (Å²) in [5.41, 5.74) is 0. The summed E-state index contributed by atoms with van der Waals surface area (Å²) in [6.45, 7) is 24.2. The number of hydrogen-bond acceptors (Lipinski definition) is 10. The highest BCUT2D eigenvalue weighted by Gasteiger charge is 2.40. The highest BCUT2D eigenvalue weighted by atomic mass is 28.4. The molecule has 0 unspecified atom stereocenters. The summed E-state index contributed by atoms with van der Waals surface area (Å²) >= 11 is 0. The van der Waals surface area contributed by atoms with Crippen molar-refractivity contribution in [2.75, 3.05) is 65.8 Å². The van der Waals surface area contributed by atoms with Crippen LogP contribution in [0.15, 0.2) is 0 Å². The first-order valence-electron chi connectivity index (χ1n) is 22.3. The molecule has 0 aliphatic heterocycles. The van der Waals surface area contributed by atoms with Crippen molar-refractivity contribution in [3.05, 3.63) is 0 Å². The van der Waals surface area contributed by atoms with Gasteiger partial charge in [-0.25, -0.2) is 9.59 Å². The molecule has 18 heteroatoms. The maximum Gasteiger partial charge on any atom is 0.500 e. The summed E-state index contributed by atoms with van der Waals surface area (Å²) in [6, 6.07) is -0.804. The first-order valence-corrected chi connectivity index (χ1v) is 26.1. The van der Waals surface area contributed by atoms with E-state index in [0.717, 1.165) is 51.4 Å². The quantitative estimate of drug-likeness (QED) is 0.0325. The van der Waals surface area contributed by atoms with Crippen molar-refractivity contribution in [2.24, 2.45) is 11.8 Å². The van der Waals surface area contributed by atoms with Gasteiger partial charge in [0.1, 0.15) is 12.1 Å². The van der Waals surface area contributed by atoms with E-state index < -0.39 is 29.7 Å². The summed E-state index contributed by atoms with van der Waals surface area (Å²) in [5, 5.41) is 17.3. The van der Waals surface area contributed by atoms with Crippen molar-refractivity contribution in [1.82, 2.24) is 31.9 Å². The molecule has 58 heavy (non-hydrogen) atoms. The minimum Gasteiger partial charge on any atom is -0.374 e. The van der Waals surface area contributed by atoms with Gasteiger partial charge in [0.2, 0.25) is 11.8 Å². The molecular weight excluding hydrogens is 781 g/mol. The van der Waals surface area contributed by atoms with Crippen LogP contribution in [-0.4, -0.2) is 119 Å². The van der Waals surface area contributed by atoms with Crippen LogP contribution in [0.5, 0.6) is 0 Å². The Morgan fingerprint density at radius 3 is 0.914 bits per heavy atom. The number of rotatable bonds is 37. The highest BCUT2D eigenvalue weighted by molar-refractivity contribution is 6.61. The molecule has 0 aromatic heterocycles. The van der Waals surface area contributed by atoms with Crippen molar-refractivity contribution in [1.29, 1.82) is 0 Å². The molecule has 0 aromatic carbocycles. The van der Waals surface area contributed by atoms with Crippen molar-refractivity contribution in [3.8, 4) is 0 Å². The SMILES string of the molecule is CCO[Si](CCCNC(=O)N[C@H](C(=O)NCCCCCCCCCCNC(=O)[C@@H](NC(=O)NCCC[Si](OCC)(OCC)OCC)C(C)C)C(C)C)(OCC)OCC. The molecule has 0 spiro atoms. The standard InChI is InChI=1S/C40H84N6O10Si2/c1-11-51-57(52-12-2,53-13-3)31-25-29-43-39(49)45-35(33(7)8)37(47)41-27-23-21-19-17-18-20-22-24-28-42-38(48)36(34(9)10)46-40(50)44-30-26-32-58(54-14-4,55-15-5)56-16-6/h33-36H,11-32H2,1-10H3,(H,41,47)(H,42,48)(H2,43,45,49)(H2,44,46,50)/t35-,36-/m0/s1. The average Bonchev–Trinajstić information content (AvgIpc) is 3.17. The minimum absolute atomic E-state index is 0.0643. The van der Waals surface area contributed by atoms with Gasteiger partial charge in [-0.2, -0.15) is 0 Å². The predicted molar refractivity (Wildman–Crippen MR) is 233 cm³/mol. The molecule has 2 atom stereocenters. The topological polar surface area (TPSA) is 196 Å². The zero-order valence-electron chi connectivity index (χ0n) is 37.9. The van der Waals surface area contributed by atoms with Gasteiger partial charge in [-0.05, 0) is 79.1 Å². The Balaban J connectivity index is 4.26. The summed E-state index contributed by atoms with van der Waals surface area (Å²) in [5.74, 6) is -0.482. The lowest BCUT2D eigenvalue weighted by Crippen LogP contribution is -2.53. The average molecular weight is 865 g/mol. The maximum atomic E-state index is 12.9. The molecule has 0 rings (SSSR count). The van der Waals surface area contributed by atoms with Gasteiger partial charge >= 0.3 is 29.7 Å². The lowest BCUT2D eigenvalue weighted by atomic mass is 10.0. The second kappa shape index (κ2) is 34.4. The summed E-state index contributed by atoms with van der Waals surface area (Å²) in [4.78, 5) is 51.0. The molecule has 16 nitrogen and oxygen atoms in total. The van der Waals surface area contributed by atoms with Crippen LogP contribution >= 0.6 is 0 Å². The van der Waals surface area contributed by atoms with Crippen molar-refractivity contribution < 1.29 is 45.7 Å². The Hall–Kier alpha value is -2.33. The van der Waals surface area contributed by atoms with Crippen LogP contribution in [0.4, 0.5) is 9.59 Å². The fourth-order valence-corrected chi connectivity index (χ4v) is 11.6. The molecule has 0 heterocycles. The van der Waals surface area contributed by atoms with Gasteiger partial charge in [0.15, 0.2) is 0 Å². The summed E-state index contributed by atoms with van der Waals surface area (Å²) < 4.78 is 35.2. The van der Waals surface area contributed by atoms with E-state index in [2.05, 4.69) is 31.9 Å². The number of urea groups is 2. The fourth-order valence-electron chi connectivity index (χ4n) is 6.42. The maximum absolute atomic E-state index is 12.9. The van der Waals surface area contributed by atoms with Gasteiger partial charge in [0.25, 0.3) is 0 Å². The first kappa shape index (κ1) is 55.7. The molecule has 342 valence electrons. The Kier molecular flexibility index (Phi) is 33.0. The first-order chi connectivity index (χ1) is 27.8. The van der Waals surface area contributed by atoms with Crippen LogP contribution in [0.25, 0.3) is 0 Å². The smallest absolute Gasteiger partial charge is 0.374 e. The number of hydrogen-bond donors (Lipinski definition) is 6. The van der Waals surface area contributed by atoms with Gasteiger partial charge < -0.3 is 58.5 Å². The minimum atomic E-state index is -2.76. The van der Waals surface area contributed by atoms with Crippen LogP contribution in [0.2, 0.25) is 12.1 Å². The molecule has 0 aliphatic rings. The third-order valence-corrected chi connectivity index (χ3v) is 15.6. The predicted octanol–water partition coefficient (Wildman–Crippen LogP) is 5.86. The lowest BCUT2D eigenvalue weighted by Gasteiger charge is -2.28. The van der Waals surface area contributed by atoms with E-state index in [1.807, 2.05) is 69.2 Å². The van der Waals surface area contributed by atoms with Crippen LogP contribution in [0.1, 0.15) is 133 Å². The molecule has 0 saturated heterocycles. The Bertz CT molecular complexity index is 979. The van der Waals surface area contributed by atoms with E-state index in [1.54, 1.807) is 0 Å². The zero-order valence-corrected chi connectivity index (χ0v) is 39.9. The van der Waals surface area contributed by atoms with E-state index in [-0.39, 0.29) is 35.7 Å². The van der Waals surface area contributed by atoms with Gasteiger partial charge in [-0.1, -0.05) is 66.2 Å². The molecule has 0 saturated carbocycles. The molecule has 6 amide bonds. The molecular formula is C40H84N6O10Si2. The van der Waals surface area contributed by atoms with Gasteiger partial charge in [-0.15, -0.1) is 0 Å². The fraction of sp³-hybridized carbons (Fsp3) is 0.900. The van der Waals surface area contributed by atoms with E-state index in [1.165, 1.54) is 0 Å². The summed E-state index contributed by atoms with van der Waals surface area (Å²) in [6.07, 6.45) is 9.45. The molecule has 0 radical (unpaired) electrons. The molecule has 0 aliphatic carbocycles. The Morgan fingerprint density at radius 1 is 0.397 bits per heavy atom. The van der Waals surface area contributed by atoms with E-state index in [0.29, 0.717) is 90.8 Å². The van der Waals surface area contributed by atoms with Crippen LogP contribution in [0.3, 0.4) is 0 Å². The number of amides is 6. The number of carbonyl (C=O) groups excluding carboxylic acids is 4. The number of unbranched alkanes of at least 4 members (excludes halogenated alkanes) is 7. The van der Waals surface area contributed by atoms with E-state index in [9.17, 15) is 19.2 Å². The van der Waals surface area contributed by atoms with Crippen molar-refractivity contribution in [3.63, 3.8) is 0 Å². The molecule has 0 aromatic rings. The second-order valence-electron chi connectivity index (χ2n) is 14.8. The largest absolute Gasteiger partial charge is 0.500 e. The van der Waals surface area contributed by atoms with E-state index in [4.69, 9.17) is 26.6 Å². The summed E-state index contributed by atoms with van der Waals surface area (Å²) in [7, 11) is -5.53. The monoisotopic (exact) mass is 865 g/mol. The Labute approximate surface area is 353 Å². The second-order valence-corrected chi connectivity index (χ2v) is 20.3. The Morgan fingerprint density at radius 2 is 0.655 bits per heavy atom. The number of nitrogens with one attached hydrogen (secondary N) is 6. The van der Waals surface area contributed by atoms with Gasteiger partial charge in [0.05, 0.1) is 0 Å². The van der Waals surface area contributed by atoms with Crippen LogP contribution in [-0.2, 0) is 36.1 Å². The molecule has 0 fully saturated rings. The van der Waals surface area contributed by atoms with Crippen LogP contribution < -0.4 is 31.9 Å². The third kappa shape index (κ3) is 25.3. The van der Waals surface area contributed by atoms with Crippen molar-refractivity contribution in [2.45, 2.75) is 158 Å². The van der Waals surface area contributed by atoms with E-state index >= 15 is 0 Å². The van der Waals surface area contributed by atoms with Gasteiger partial charge in [-0.3, -0.25) is 9.59 Å². The third-order valence-electron chi connectivity index (χ3n) is 9.25. The lowest BCUT2D eigenvalue weighted by molar-refractivity contribution is -0.124. The zero-order chi connectivity index (χ0) is 43.7. The molecule has 0 bridgehead atoms. The highest BCUT2D eigenvalue weighted by Crippen LogP contribution is 2.19.